The van der Waals surface area contributed by atoms with Crippen molar-refractivity contribution in [3.05, 3.63) is 63.7 Å². The molecule has 5 nitrogen and oxygen atoms in total. The fourth-order valence-electron chi connectivity index (χ4n) is 2.63. The van der Waals surface area contributed by atoms with Crippen LogP contribution in [0.15, 0.2) is 41.2 Å². The van der Waals surface area contributed by atoms with E-state index in [4.69, 9.17) is 0 Å². The number of anilines is 1. The minimum Gasteiger partial charge on any atom is -0.351 e. The number of Topliss-reactive ketones (excluding diaryl/α,β-unsaturated/α-hetero) is 2. The van der Waals surface area contributed by atoms with Crippen molar-refractivity contribution in [3.8, 4) is 0 Å². The number of fused-ring (bicyclic) bond motifs is 1. The van der Waals surface area contributed by atoms with Gasteiger partial charge in [-0.2, -0.15) is 13.2 Å². The number of hydrogen-bond donors (Lipinski definition) is 1. The second kappa shape index (κ2) is 6.56. The molecule has 0 aliphatic heterocycles. The number of thioether (sulfide) groups is 1. The Morgan fingerprint density at radius 1 is 1.04 bits per heavy atom. The molecule has 1 aromatic carbocycles. The summed E-state index contributed by atoms with van der Waals surface area (Å²) in [6.07, 6.45) is -0.343. The van der Waals surface area contributed by atoms with Gasteiger partial charge in [0.2, 0.25) is 11.6 Å². The number of halogens is 3. The predicted molar refractivity (Wildman–Crippen MR) is 91.0 cm³/mol. The van der Waals surface area contributed by atoms with Crippen LogP contribution in [-0.4, -0.2) is 27.8 Å². The number of rotatable bonds is 3. The number of benzene rings is 1. The van der Waals surface area contributed by atoms with Crippen LogP contribution in [0.3, 0.4) is 0 Å². The Hall–Kier alpha value is -2.68. The van der Waals surface area contributed by atoms with Gasteiger partial charge in [0.1, 0.15) is 17.1 Å². The Morgan fingerprint density at radius 3 is 2.23 bits per heavy atom. The van der Waals surface area contributed by atoms with Crippen LogP contribution in [0.4, 0.5) is 18.9 Å². The van der Waals surface area contributed by atoms with E-state index in [1.54, 1.807) is 6.26 Å². The molecule has 0 spiro atoms. The molecule has 0 bridgehead atoms. The minimum atomic E-state index is -4.52. The molecule has 1 N–H and O–H groups in total. The average Bonchev–Trinajstić information content (AvgIpc) is 2.60. The molecule has 1 heterocycles. The van der Waals surface area contributed by atoms with Crippen molar-refractivity contribution < 1.29 is 22.8 Å². The van der Waals surface area contributed by atoms with Crippen molar-refractivity contribution in [1.29, 1.82) is 0 Å². The van der Waals surface area contributed by atoms with E-state index in [1.807, 2.05) is 0 Å². The number of alkyl halides is 3. The molecule has 3 rings (SSSR count). The smallest absolute Gasteiger partial charge is 0.351 e. The Bertz CT molecular complexity index is 955. The van der Waals surface area contributed by atoms with Crippen molar-refractivity contribution in [1.82, 2.24) is 9.97 Å². The van der Waals surface area contributed by atoms with Gasteiger partial charge in [0.05, 0.1) is 10.5 Å². The number of carbonyl (C=O) groups is 2. The SMILES string of the molecule is CSC1=C(Nc2cccc(C(F)(F)F)c2C)C(=O)c2nccnc2C1=O. The van der Waals surface area contributed by atoms with E-state index in [2.05, 4.69) is 15.3 Å². The molecular weight excluding hydrogens is 367 g/mol. The molecule has 0 saturated heterocycles. The van der Waals surface area contributed by atoms with E-state index in [-0.39, 0.29) is 33.2 Å². The molecule has 26 heavy (non-hydrogen) atoms. The second-order valence-electron chi connectivity index (χ2n) is 5.42. The lowest BCUT2D eigenvalue weighted by molar-refractivity contribution is -0.138. The summed E-state index contributed by atoms with van der Waals surface area (Å²) >= 11 is 1.02. The fourth-order valence-corrected chi connectivity index (χ4v) is 3.26. The minimum absolute atomic E-state index is 0.0619. The first-order valence-electron chi connectivity index (χ1n) is 7.38. The van der Waals surface area contributed by atoms with Crippen LogP contribution in [0.1, 0.15) is 32.1 Å². The largest absolute Gasteiger partial charge is 0.416 e. The van der Waals surface area contributed by atoms with E-state index < -0.39 is 23.3 Å². The number of allylic oxidation sites excluding steroid dienone is 2. The van der Waals surface area contributed by atoms with Gasteiger partial charge in [-0.25, -0.2) is 9.97 Å². The van der Waals surface area contributed by atoms with Crippen molar-refractivity contribution in [2.75, 3.05) is 11.6 Å². The highest BCUT2D eigenvalue weighted by molar-refractivity contribution is 8.03. The van der Waals surface area contributed by atoms with Gasteiger partial charge >= 0.3 is 6.18 Å². The Labute approximate surface area is 150 Å². The van der Waals surface area contributed by atoms with Crippen molar-refractivity contribution in [3.63, 3.8) is 0 Å². The molecule has 0 atom stereocenters. The highest BCUT2D eigenvalue weighted by Crippen LogP contribution is 2.36. The maximum Gasteiger partial charge on any atom is 0.416 e. The molecule has 0 saturated carbocycles. The summed E-state index contributed by atoms with van der Waals surface area (Å²) in [6, 6.07) is 3.61. The fraction of sp³-hybridized carbons (Fsp3) is 0.176. The quantitative estimate of drug-likeness (QED) is 0.873. The third-order valence-corrected chi connectivity index (χ3v) is 4.69. The first-order valence-corrected chi connectivity index (χ1v) is 8.60. The topological polar surface area (TPSA) is 72.0 Å². The van der Waals surface area contributed by atoms with Gasteiger partial charge in [0.15, 0.2) is 0 Å². The summed E-state index contributed by atoms with van der Waals surface area (Å²) in [4.78, 5) is 33.1. The van der Waals surface area contributed by atoms with Crippen LogP contribution < -0.4 is 5.32 Å². The van der Waals surface area contributed by atoms with Gasteiger partial charge in [-0.15, -0.1) is 11.8 Å². The number of ketones is 2. The molecule has 0 radical (unpaired) electrons. The Balaban J connectivity index is 2.10. The van der Waals surface area contributed by atoms with E-state index in [9.17, 15) is 22.8 Å². The van der Waals surface area contributed by atoms with Gasteiger partial charge in [0.25, 0.3) is 0 Å². The molecule has 2 aromatic rings. The summed E-state index contributed by atoms with van der Waals surface area (Å²) in [5, 5.41) is 2.70. The molecule has 134 valence electrons. The average molecular weight is 379 g/mol. The van der Waals surface area contributed by atoms with Crippen LogP contribution in [0.2, 0.25) is 0 Å². The Morgan fingerprint density at radius 2 is 1.65 bits per heavy atom. The zero-order valence-electron chi connectivity index (χ0n) is 13.6. The first-order chi connectivity index (χ1) is 12.3. The van der Waals surface area contributed by atoms with Crippen molar-refractivity contribution in [2.45, 2.75) is 13.1 Å². The summed E-state index contributed by atoms with van der Waals surface area (Å²) in [5.74, 6) is -1.08. The summed E-state index contributed by atoms with van der Waals surface area (Å²) in [7, 11) is 0. The lowest BCUT2D eigenvalue weighted by Gasteiger charge is -2.21. The zero-order chi connectivity index (χ0) is 19.1. The lowest BCUT2D eigenvalue weighted by Crippen LogP contribution is -2.27. The number of hydrogen-bond acceptors (Lipinski definition) is 6. The normalized spacial score (nSPS) is 14.5. The van der Waals surface area contributed by atoms with Crippen molar-refractivity contribution in [2.24, 2.45) is 0 Å². The maximum absolute atomic E-state index is 13.1. The van der Waals surface area contributed by atoms with E-state index in [0.717, 1.165) is 17.8 Å². The molecule has 0 unspecified atom stereocenters. The van der Waals surface area contributed by atoms with Crippen LogP contribution in [0.5, 0.6) is 0 Å². The third kappa shape index (κ3) is 2.98. The van der Waals surface area contributed by atoms with Gasteiger partial charge < -0.3 is 5.32 Å². The molecule has 1 aliphatic carbocycles. The molecule has 9 heteroatoms. The van der Waals surface area contributed by atoms with Crippen molar-refractivity contribution >= 4 is 29.0 Å². The van der Waals surface area contributed by atoms with E-state index in [1.165, 1.54) is 31.5 Å². The van der Waals surface area contributed by atoms with Crippen LogP contribution in [0.25, 0.3) is 0 Å². The molecule has 1 aliphatic rings. The van der Waals surface area contributed by atoms with Crippen LogP contribution >= 0.6 is 11.8 Å². The maximum atomic E-state index is 13.1. The predicted octanol–water partition coefficient (Wildman–Crippen LogP) is 3.87. The van der Waals surface area contributed by atoms with E-state index in [0.29, 0.717) is 0 Å². The van der Waals surface area contributed by atoms with E-state index >= 15 is 0 Å². The zero-order valence-corrected chi connectivity index (χ0v) is 14.5. The van der Waals surface area contributed by atoms with Crippen LogP contribution in [-0.2, 0) is 6.18 Å². The van der Waals surface area contributed by atoms with Gasteiger partial charge in [-0.05, 0) is 30.9 Å². The highest BCUT2D eigenvalue weighted by Gasteiger charge is 2.36. The molecule has 1 aromatic heterocycles. The second-order valence-corrected chi connectivity index (χ2v) is 6.24. The van der Waals surface area contributed by atoms with Gasteiger partial charge in [0, 0.05) is 18.1 Å². The first kappa shape index (κ1) is 18.1. The standard InChI is InChI=1S/C17H12F3N3O2S/c1-8-9(17(18,19)20)4-3-5-10(8)23-13-14(24)11-12(22-7-6-21-11)15(25)16(13)26-2/h3-7,23H,1-2H3. The molecular formula is C17H12F3N3O2S. The number of aromatic nitrogens is 2. The highest BCUT2D eigenvalue weighted by atomic mass is 32.2. The summed E-state index contributed by atoms with van der Waals surface area (Å²) < 4.78 is 39.3. The Kier molecular flexibility index (Phi) is 4.57. The lowest BCUT2D eigenvalue weighted by atomic mass is 10.00. The number of carbonyl (C=O) groups excluding carboxylic acids is 2. The van der Waals surface area contributed by atoms with Gasteiger partial charge in [-0.1, -0.05) is 6.07 Å². The monoisotopic (exact) mass is 379 g/mol. The van der Waals surface area contributed by atoms with Gasteiger partial charge in [-0.3, -0.25) is 9.59 Å². The van der Waals surface area contributed by atoms with Crippen LogP contribution in [0, 0.1) is 6.92 Å². The molecule has 0 amide bonds. The summed E-state index contributed by atoms with van der Waals surface area (Å²) in [5.41, 5.74) is -1.08. The third-order valence-electron chi connectivity index (χ3n) is 3.89. The molecule has 0 fully saturated rings. The summed E-state index contributed by atoms with van der Waals surface area (Å²) in [6.45, 7) is 1.30. The number of nitrogens with zero attached hydrogens (tertiary/aromatic N) is 2. The number of nitrogens with one attached hydrogen (secondary N) is 1.